The van der Waals surface area contributed by atoms with Gasteiger partial charge in [-0.25, -0.2) is 0 Å². The molecule has 1 N–H and O–H groups in total. The van der Waals surface area contributed by atoms with E-state index in [1.807, 2.05) is 43.3 Å². The van der Waals surface area contributed by atoms with E-state index in [1.54, 1.807) is 7.11 Å². The Morgan fingerprint density at radius 1 is 1.30 bits per heavy atom. The van der Waals surface area contributed by atoms with Gasteiger partial charge in [0.1, 0.15) is 5.75 Å². The second-order valence-electron chi connectivity index (χ2n) is 7.08. The van der Waals surface area contributed by atoms with Crippen molar-refractivity contribution in [3.05, 3.63) is 36.4 Å². The molecule has 1 aromatic heterocycles. The molecule has 1 amide bonds. The van der Waals surface area contributed by atoms with Crippen molar-refractivity contribution < 1.29 is 9.53 Å². The highest BCUT2D eigenvalue weighted by molar-refractivity contribution is 5.79. The minimum Gasteiger partial charge on any atom is -0.496 e. The van der Waals surface area contributed by atoms with Crippen LogP contribution >= 0.6 is 0 Å². The van der Waals surface area contributed by atoms with Crippen LogP contribution in [0.3, 0.4) is 0 Å². The highest BCUT2D eigenvalue weighted by Crippen LogP contribution is 2.29. The lowest BCUT2D eigenvalue weighted by Gasteiger charge is -2.33. The van der Waals surface area contributed by atoms with Crippen LogP contribution in [0.2, 0.25) is 0 Å². The summed E-state index contributed by atoms with van der Waals surface area (Å²) in [6.07, 6.45) is 2.85. The molecule has 6 nitrogen and oxygen atoms in total. The Morgan fingerprint density at radius 3 is 2.81 bits per heavy atom. The fourth-order valence-corrected chi connectivity index (χ4v) is 3.36. The second kappa shape index (κ2) is 8.84. The number of methoxy groups -OCH3 is 1. The van der Waals surface area contributed by atoms with Gasteiger partial charge in [-0.15, -0.1) is 10.2 Å². The highest BCUT2D eigenvalue weighted by atomic mass is 16.5. The molecule has 1 aliphatic rings. The van der Waals surface area contributed by atoms with Crippen LogP contribution in [0.5, 0.6) is 5.75 Å². The quantitative estimate of drug-likeness (QED) is 0.847. The van der Waals surface area contributed by atoms with Crippen LogP contribution in [0.15, 0.2) is 36.4 Å². The summed E-state index contributed by atoms with van der Waals surface area (Å²) in [4.78, 5) is 14.6. The van der Waals surface area contributed by atoms with E-state index in [-0.39, 0.29) is 17.9 Å². The highest BCUT2D eigenvalue weighted by Gasteiger charge is 2.27. The maximum absolute atomic E-state index is 12.5. The standard InChI is InChI=1S/C21H28N4O2/c1-4-15(2)22-21(26)16-8-7-13-25(14-16)20-12-11-18(23-24-20)17-9-5-6-10-19(17)27-3/h5-6,9-12,15-16H,4,7-8,13-14H2,1-3H3,(H,22,26). The molecule has 27 heavy (non-hydrogen) atoms. The van der Waals surface area contributed by atoms with Crippen LogP contribution in [0, 0.1) is 5.92 Å². The van der Waals surface area contributed by atoms with E-state index in [4.69, 9.17) is 4.74 Å². The summed E-state index contributed by atoms with van der Waals surface area (Å²) < 4.78 is 5.40. The maximum Gasteiger partial charge on any atom is 0.225 e. The van der Waals surface area contributed by atoms with E-state index >= 15 is 0 Å². The molecule has 1 aromatic carbocycles. The molecule has 3 rings (SSSR count). The summed E-state index contributed by atoms with van der Waals surface area (Å²) >= 11 is 0. The van der Waals surface area contributed by atoms with E-state index < -0.39 is 0 Å². The van der Waals surface area contributed by atoms with E-state index in [1.165, 1.54) is 0 Å². The molecule has 144 valence electrons. The number of para-hydroxylation sites is 1. The predicted molar refractivity (Wildman–Crippen MR) is 107 cm³/mol. The van der Waals surface area contributed by atoms with Gasteiger partial charge in [-0.1, -0.05) is 19.1 Å². The molecule has 2 atom stereocenters. The van der Waals surface area contributed by atoms with Crippen LogP contribution in [-0.2, 0) is 4.79 Å². The number of rotatable bonds is 6. The molecule has 0 aliphatic carbocycles. The molecule has 0 radical (unpaired) electrons. The Bertz CT molecular complexity index is 763. The molecule has 0 saturated carbocycles. The number of carbonyl (C=O) groups excluding carboxylic acids is 1. The van der Waals surface area contributed by atoms with Crippen LogP contribution in [0.1, 0.15) is 33.1 Å². The van der Waals surface area contributed by atoms with Gasteiger partial charge >= 0.3 is 0 Å². The third-order valence-corrected chi connectivity index (χ3v) is 5.15. The third-order valence-electron chi connectivity index (χ3n) is 5.15. The van der Waals surface area contributed by atoms with Crippen molar-refractivity contribution in [2.24, 2.45) is 5.92 Å². The normalized spacial score (nSPS) is 18.0. The smallest absolute Gasteiger partial charge is 0.225 e. The third kappa shape index (κ3) is 4.56. The fourth-order valence-electron chi connectivity index (χ4n) is 3.36. The number of hydrogen-bond donors (Lipinski definition) is 1. The first-order chi connectivity index (χ1) is 13.1. The monoisotopic (exact) mass is 368 g/mol. The number of piperidine rings is 1. The molecule has 2 heterocycles. The molecule has 0 spiro atoms. The molecule has 6 heteroatoms. The summed E-state index contributed by atoms with van der Waals surface area (Å²) in [5.74, 6) is 1.74. The first-order valence-corrected chi connectivity index (χ1v) is 9.64. The molecule has 1 aliphatic heterocycles. The van der Waals surface area contributed by atoms with E-state index in [2.05, 4.69) is 27.3 Å². The fraction of sp³-hybridized carbons (Fsp3) is 0.476. The lowest BCUT2D eigenvalue weighted by molar-refractivity contribution is -0.125. The predicted octanol–water partition coefficient (Wildman–Crippen LogP) is 3.28. The number of benzene rings is 1. The Labute approximate surface area is 160 Å². The SMILES string of the molecule is CCC(C)NC(=O)C1CCCN(c2ccc(-c3ccccc3OC)nn2)C1. The van der Waals surface area contributed by atoms with Crippen molar-refractivity contribution in [3.8, 4) is 17.0 Å². The van der Waals surface area contributed by atoms with Gasteiger partial charge in [-0.05, 0) is 50.5 Å². The van der Waals surface area contributed by atoms with Crippen molar-refractivity contribution in [2.45, 2.75) is 39.2 Å². The number of amides is 1. The number of ether oxygens (including phenoxy) is 1. The lowest BCUT2D eigenvalue weighted by Crippen LogP contribution is -2.45. The zero-order chi connectivity index (χ0) is 19.2. The van der Waals surface area contributed by atoms with Crippen LogP contribution in [0.4, 0.5) is 5.82 Å². The van der Waals surface area contributed by atoms with Gasteiger partial charge in [0, 0.05) is 24.7 Å². The molecular weight excluding hydrogens is 340 g/mol. The summed E-state index contributed by atoms with van der Waals surface area (Å²) in [5, 5.41) is 11.9. The Kier molecular flexibility index (Phi) is 6.27. The first kappa shape index (κ1) is 19.1. The number of aromatic nitrogens is 2. The molecule has 0 bridgehead atoms. The molecule has 2 aromatic rings. The first-order valence-electron chi connectivity index (χ1n) is 9.64. The average Bonchev–Trinajstić information content (AvgIpc) is 2.73. The molecule has 2 unspecified atom stereocenters. The Morgan fingerprint density at radius 2 is 2.11 bits per heavy atom. The van der Waals surface area contributed by atoms with Crippen molar-refractivity contribution in [2.75, 3.05) is 25.1 Å². The van der Waals surface area contributed by atoms with Crippen LogP contribution < -0.4 is 15.0 Å². The minimum absolute atomic E-state index is 0.00319. The van der Waals surface area contributed by atoms with E-state index in [9.17, 15) is 4.79 Å². The van der Waals surface area contributed by atoms with Crippen LogP contribution in [-0.4, -0.2) is 42.3 Å². The van der Waals surface area contributed by atoms with Gasteiger partial charge in [0.25, 0.3) is 0 Å². The lowest BCUT2D eigenvalue weighted by atomic mass is 9.96. The van der Waals surface area contributed by atoms with Crippen molar-refractivity contribution >= 4 is 11.7 Å². The molecular formula is C21H28N4O2. The summed E-state index contributed by atoms with van der Waals surface area (Å²) in [6, 6.07) is 11.9. The maximum atomic E-state index is 12.5. The van der Waals surface area contributed by atoms with Crippen molar-refractivity contribution in [1.82, 2.24) is 15.5 Å². The van der Waals surface area contributed by atoms with Crippen molar-refractivity contribution in [1.29, 1.82) is 0 Å². The van der Waals surface area contributed by atoms with Crippen LogP contribution in [0.25, 0.3) is 11.3 Å². The largest absolute Gasteiger partial charge is 0.496 e. The van der Waals surface area contributed by atoms with E-state index in [0.29, 0.717) is 6.54 Å². The van der Waals surface area contributed by atoms with Gasteiger partial charge in [0.2, 0.25) is 5.91 Å². The number of nitrogens with zero attached hydrogens (tertiary/aromatic N) is 3. The number of nitrogens with one attached hydrogen (secondary N) is 1. The molecule has 1 fully saturated rings. The summed E-state index contributed by atoms with van der Waals surface area (Å²) in [6.45, 7) is 5.71. The Hall–Kier alpha value is -2.63. The summed E-state index contributed by atoms with van der Waals surface area (Å²) in [5.41, 5.74) is 1.70. The van der Waals surface area contributed by atoms with E-state index in [0.717, 1.165) is 48.6 Å². The van der Waals surface area contributed by atoms with Crippen molar-refractivity contribution in [3.63, 3.8) is 0 Å². The van der Waals surface area contributed by atoms with Gasteiger partial charge in [-0.3, -0.25) is 4.79 Å². The molecule has 1 saturated heterocycles. The van der Waals surface area contributed by atoms with Gasteiger partial charge < -0.3 is 15.0 Å². The number of hydrogen-bond acceptors (Lipinski definition) is 5. The van der Waals surface area contributed by atoms with Gasteiger partial charge in [0.15, 0.2) is 5.82 Å². The minimum atomic E-state index is 0.00319. The Balaban J connectivity index is 1.70. The summed E-state index contributed by atoms with van der Waals surface area (Å²) in [7, 11) is 1.65. The topological polar surface area (TPSA) is 67.4 Å². The van der Waals surface area contributed by atoms with Gasteiger partial charge in [0.05, 0.1) is 18.7 Å². The number of anilines is 1. The average molecular weight is 368 g/mol. The zero-order valence-electron chi connectivity index (χ0n) is 16.3. The zero-order valence-corrected chi connectivity index (χ0v) is 16.3. The van der Waals surface area contributed by atoms with Gasteiger partial charge in [-0.2, -0.15) is 0 Å². The second-order valence-corrected chi connectivity index (χ2v) is 7.08. The number of carbonyl (C=O) groups is 1.